The third kappa shape index (κ3) is 3.19. The summed E-state index contributed by atoms with van der Waals surface area (Å²) in [7, 11) is 0. The summed E-state index contributed by atoms with van der Waals surface area (Å²) in [6, 6.07) is 8.97. The van der Waals surface area contributed by atoms with Gasteiger partial charge in [-0.25, -0.2) is 0 Å². The van der Waals surface area contributed by atoms with E-state index in [0.717, 1.165) is 12.8 Å². The second-order valence-corrected chi connectivity index (χ2v) is 9.71. The van der Waals surface area contributed by atoms with Gasteiger partial charge in [0.1, 0.15) is 0 Å². The average Bonchev–Trinajstić information content (AvgIpc) is 2.79. The Bertz CT molecular complexity index is 1310. The third-order valence-corrected chi connectivity index (χ3v) is 7.52. The SMILES string of the molecule is CC1C=Cc2c(c(C3/C=C\C=C4\C=CC3CC4)c3ccccc3c2C2=CC(=N)CC=C2)C1. The van der Waals surface area contributed by atoms with Gasteiger partial charge < -0.3 is 5.41 Å². The minimum atomic E-state index is 0.393. The van der Waals surface area contributed by atoms with Gasteiger partial charge in [0.25, 0.3) is 0 Å². The Kier molecular flexibility index (Phi) is 4.72. The predicted molar refractivity (Wildman–Crippen MR) is 137 cm³/mol. The van der Waals surface area contributed by atoms with E-state index in [1.54, 1.807) is 0 Å². The molecule has 2 aromatic carbocycles. The molecule has 0 saturated heterocycles. The van der Waals surface area contributed by atoms with Crippen LogP contribution in [0.15, 0.2) is 84.5 Å². The number of rotatable bonds is 2. The van der Waals surface area contributed by atoms with Crippen LogP contribution in [0.25, 0.3) is 22.4 Å². The van der Waals surface area contributed by atoms with Gasteiger partial charge in [-0.3, -0.25) is 0 Å². The van der Waals surface area contributed by atoms with Crippen molar-refractivity contribution < 1.29 is 0 Å². The van der Waals surface area contributed by atoms with Gasteiger partial charge in [-0.15, -0.1) is 0 Å². The Balaban J connectivity index is 1.68. The molecule has 1 N–H and O–H groups in total. The van der Waals surface area contributed by atoms with Gasteiger partial charge in [-0.1, -0.05) is 85.9 Å². The lowest BCUT2D eigenvalue weighted by Crippen LogP contribution is -2.19. The maximum atomic E-state index is 8.28. The van der Waals surface area contributed by atoms with Gasteiger partial charge in [-0.05, 0) is 81.3 Å². The van der Waals surface area contributed by atoms with E-state index in [2.05, 4.69) is 91.9 Å². The minimum Gasteiger partial charge on any atom is -0.305 e. The first-order valence-electron chi connectivity index (χ1n) is 12.0. The third-order valence-electron chi connectivity index (χ3n) is 7.52. The zero-order chi connectivity index (χ0) is 21.7. The Hall–Kier alpha value is -3.19. The predicted octanol–water partition coefficient (Wildman–Crippen LogP) is 7.95. The molecule has 0 aliphatic heterocycles. The number of fused-ring (bicyclic) bond motifs is 5. The highest BCUT2D eigenvalue weighted by Crippen LogP contribution is 2.47. The molecule has 0 saturated carbocycles. The first-order chi connectivity index (χ1) is 15.7. The number of allylic oxidation sites excluding steroid dienone is 11. The van der Waals surface area contributed by atoms with Gasteiger partial charge in [0, 0.05) is 18.1 Å². The normalized spacial score (nSPS) is 28.7. The summed E-state index contributed by atoms with van der Waals surface area (Å²) in [5, 5.41) is 11.0. The second-order valence-electron chi connectivity index (χ2n) is 9.71. The molecule has 7 rings (SSSR count). The molecule has 1 nitrogen and oxygen atoms in total. The molecule has 5 aliphatic rings. The molecule has 2 aromatic rings. The maximum absolute atomic E-state index is 8.28. The topological polar surface area (TPSA) is 23.9 Å². The molecule has 32 heavy (non-hydrogen) atoms. The molecular weight excluding hydrogens is 386 g/mol. The van der Waals surface area contributed by atoms with Crippen molar-refractivity contribution in [1.29, 1.82) is 5.41 Å². The van der Waals surface area contributed by atoms with Crippen molar-refractivity contribution in [1.82, 2.24) is 0 Å². The zero-order valence-electron chi connectivity index (χ0n) is 18.6. The molecular formula is C31H29N. The molecule has 0 radical (unpaired) electrons. The van der Waals surface area contributed by atoms with Gasteiger partial charge in [0.15, 0.2) is 0 Å². The summed E-state index contributed by atoms with van der Waals surface area (Å²) in [4.78, 5) is 0. The van der Waals surface area contributed by atoms with Gasteiger partial charge >= 0.3 is 0 Å². The highest BCUT2D eigenvalue weighted by Gasteiger charge is 2.30. The van der Waals surface area contributed by atoms with Crippen LogP contribution in [0.5, 0.6) is 0 Å². The lowest BCUT2D eigenvalue weighted by molar-refractivity contribution is 0.520. The summed E-state index contributed by atoms with van der Waals surface area (Å²) < 4.78 is 0. The van der Waals surface area contributed by atoms with Crippen molar-refractivity contribution >= 4 is 28.1 Å². The number of nitrogens with one attached hydrogen (secondary N) is 1. The number of hydrogen-bond acceptors (Lipinski definition) is 1. The number of hydrogen-bond donors (Lipinski definition) is 1. The molecule has 2 bridgehead atoms. The van der Waals surface area contributed by atoms with Gasteiger partial charge in [0.2, 0.25) is 0 Å². The van der Waals surface area contributed by atoms with Crippen LogP contribution in [-0.4, -0.2) is 5.71 Å². The quantitative estimate of drug-likeness (QED) is 0.514. The van der Waals surface area contributed by atoms with Crippen LogP contribution in [0, 0.1) is 17.2 Å². The molecule has 3 atom stereocenters. The van der Waals surface area contributed by atoms with Gasteiger partial charge in [-0.2, -0.15) is 0 Å². The molecule has 158 valence electrons. The van der Waals surface area contributed by atoms with E-state index in [0.29, 0.717) is 23.5 Å². The van der Waals surface area contributed by atoms with Crippen molar-refractivity contribution in [2.75, 3.05) is 0 Å². The van der Waals surface area contributed by atoms with E-state index in [1.807, 2.05) is 0 Å². The van der Waals surface area contributed by atoms with Crippen molar-refractivity contribution in [3.05, 3.63) is 107 Å². The Morgan fingerprint density at radius 3 is 2.66 bits per heavy atom. The van der Waals surface area contributed by atoms with Crippen molar-refractivity contribution in [2.45, 2.75) is 38.5 Å². The summed E-state index contributed by atoms with van der Waals surface area (Å²) >= 11 is 0. The van der Waals surface area contributed by atoms with Crippen molar-refractivity contribution in [3.8, 4) is 0 Å². The van der Waals surface area contributed by atoms with Crippen LogP contribution >= 0.6 is 0 Å². The lowest BCUT2D eigenvalue weighted by Gasteiger charge is -2.33. The van der Waals surface area contributed by atoms with E-state index in [1.165, 1.54) is 57.0 Å². The smallest absolute Gasteiger partial charge is 0.0357 e. The molecule has 1 heteroatoms. The molecule has 0 spiro atoms. The van der Waals surface area contributed by atoms with Crippen molar-refractivity contribution in [2.24, 2.45) is 11.8 Å². The van der Waals surface area contributed by atoms with Crippen LogP contribution < -0.4 is 0 Å². The van der Waals surface area contributed by atoms with Crippen LogP contribution in [0.3, 0.4) is 0 Å². The fourth-order valence-electron chi connectivity index (χ4n) is 6.00. The second kappa shape index (κ2) is 7.74. The minimum absolute atomic E-state index is 0.393. The van der Waals surface area contributed by atoms with Crippen molar-refractivity contribution in [3.63, 3.8) is 0 Å². The highest BCUT2D eigenvalue weighted by molar-refractivity contribution is 6.10. The van der Waals surface area contributed by atoms with E-state index >= 15 is 0 Å². The highest BCUT2D eigenvalue weighted by atomic mass is 14.4. The monoisotopic (exact) mass is 415 g/mol. The molecule has 0 amide bonds. The molecule has 0 heterocycles. The van der Waals surface area contributed by atoms with Crippen LogP contribution in [0.2, 0.25) is 0 Å². The van der Waals surface area contributed by atoms with Gasteiger partial charge in [0.05, 0.1) is 0 Å². The summed E-state index contributed by atoms with van der Waals surface area (Å²) in [6.07, 6.45) is 27.2. The van der Waals surface area contributed by atoms with Crippen LogP contribution in [-0.2, 0) is 6.42 Å². The fraction of sp³-hybridized carbons (Fsp3) is 0.258. The molecule has 0 aromatic heterocycles. The average molecular weight is 416 g/mol. The summed E-state index contributed by atoms with van der Waals surface area (Å²) in [6.45, 7) is 2.33. The first kappa shape index (κ1) is 19.5. The maximum Gasteiger partial charge on any atom is 0.0357 e. The molecule has 3 unspecified atom stereocenters. The summed E-state index contributed by atoms with van der Waals surface area (Å²) in [5.41, 5.74) is 9.03. The molecule has 5 aliphatic carbocycles. The molecule has 0 fully saturated rings. The summed E-state index contributed by atoms with van der Waals surface area (Å²) in [5.74, 6) is 1.48. The number of benzene rings is 2. The van der Waals surface area contributed by atoms with Crippen LogP contribution in [0.4, 0.5) is 0 Å². The van der Waals surface area contributed by atoms with E-state index in [4.69, 9.17) is 5.41 Å². The Morgan fingerprint density at radius 1 is 0.969 bits per heavy atom. The van der Waals surface area contributed by atoms with Crippen LogP contribution in [0.1, 0.15) is 54.4 Å². The lowest BCUT2D eigenvalue weighted by atomic mass is 9.71. The zero-order valence-corrected chi connectivity index (χ0v) is 18.6. The van der Waals surface area contributed by atoms with E-state index in [-0.39, 0.29) is 0 Å². The first-order valence-corrected chi connectivity index (χ1v) is 12.0. The Labute approximate surface area is 190 Å². The fourth-order valence-corrected chi connectivity index (χ4v) is 6.00. The van der Waals surface area contributed by atoms with E-state index in [9.17, 15) is 0 Å². The standard InChI is InChI=1S/C31H29N/c1-20-12-17-28-29(18-20)31(25-11-4-6-21-13-15-22(25)16-14-21)27-10-3-2-9-26(27)30(28)23-7-5-8-24(32)19-23/h2-7,9-13,15,17,19-20,22,25,32H,8,14,16,18H2,1H3/b11-4-,21-6-,32-24?. The Morgan fingerprint density at radius 2 is 1.84 bits per heavy atom. The largest absolute Gasteiger partial charge is 0.305 e. The van der Waals surface area contributed by atoms with E-state index < -0.39 is 0 Å².